The number of nitrogens with zero attached hydrogens (tertiary/aromatic N) is 1. The summed E-state index contributed by atoms with van der Waals surface area (Å²) in [5, 5.41) is 3.29. The quantitative estimate of drug-likeness (QED) is 0.880. The third kappa shape index (κ3) is 4.09. The van der Waals surface area contributed by atoms with Gasteiger partial charge in [-0.25, -0.2) is 0 Å². The molecule has 0 aliphatic carbocycles. The van der Waals surface area contributed by atoms with E-state index >= 15 is 0 Å². The minimum absolute atomic E-state index is 0.241. The van der Waals surface area contributed by atoms with Crippen LogP contribution >= 0.6 is 11.8 Å². The summed E-state index contributed by atoms with van der Waals surface area (Å²) in [5.41, 5.74) is 0. The van der Waals surface area contributed by atoms with Gasteiger partial charge in [-0.05, 0) is 25.1 Å². The highest BCUT2D eigenvalue weighted by molar-refractivity contribution is 7.99. The van der Waals surface area contributed by atoms with E-state index in [9.17, 15) is 4.79 Å². The second-order valence-corrected chi connectivity index (χ2v) is 5.04. The third-order valence-electron chi connectivity index (χ3n) is 2.74. The smallest absolute Gasteiger partial charge is 0.232 e. The van der Waals surface area contributed by atoms with Gasteiger partial charge in [-0.1, -0.05) is 0 Å². The fourth-order valence-electron chi connectivity index (χ4n) is 1.82. The maximum atomic E-state index is 11.9. The molecule has 1 N–H and O–H groups in total. The van der Waals surface area contributed by atoms with Gasteiger partial charge in [-0.3, -0.25) is 4.79 Å². The molecule has 0 aromatic carbocycles. The molecule has 0 saturated carbocycles. The van der Waals surface area contributed by atoms with Gasteiger partial charge >= 0.3 is 0 Å². The lowest BCUT2D eigenvalue weighted by Gasteiger charge is -2.19. The summed E-state index contributed by atoms with van der Waals surface area (Å²) in [6.45, 7) is 3.64. The number of amides is 1. The van der Waals surface area contributed by atoms with Crippen LogP contribution in [-0.2, 0) is 10.5 Å². The summed E-state index contributed by atoms with van der Waals surface area (Å²) in [5.74, 6) is 2.48. The van der Waals surface area contributed by atoms with E-state index in [2.05, 4.69) is 5.32 Å². The van der Waals surface area contributed by atoms with Crippen molar-refractivity contribution in [1.29, 1.82) is 0 Å². The molecule has 0 atom stereocenters. The van der Waals surface area contributed by atoms with E-state index in [-0.39, 0.29) is 5.91 Å². The van der Waals surface area contributed by atoms with Crippen molar-refractivity contribution in [3.63, 3.8) is 0 Å². The molecule has 0 radical (unpaired) electrons. The molecule has 1 saturated heterocycles. The zero-order valence-corrected chi connectivity index (χ0v) is 10.7. The molecular weight excluding hydrogens is 236 g/mol. The van der Waals surface area contributed by atoms with Gasteiger partial charge in [0.15, 0.2) is 0 Å². The van der Waals surface area contributed by atoms with Gasteiger partial charge in [0.05, 0.1) is 17.8 Å². The lowest BCUT2D eigenvalue weighted by molar-refractivity contribution is -0.128. The minimum Gasteiger partial charge on any atom is -0.468 e. The monoisotopic (exact) mass is 254 g/mol. The normalized spacial score (nSPS) is 16.8. The van der Waals surface area contributed by atoms with E-state index in [1.165, 1.54) is 0 Å². The molecule has 5 heteroatoms. The molecule has 1 aliphatic heterocycles. The van der Waals surface area contributed by atoms with Gasteiger partial charge < -0.3 is 14.6 Å². The van der Waals surface area contributed by atoms with Crippen LogP contribution in [0.25, 0.3) is 0 Å². The average Bonchev–Trinajstić information content (AvgIpc) is 2.69. The van der Waals surface area contributed by atoms with E-state index in [4.69, 9.17) is 4.42 Å². The van der Waals surface area contributed by atoms with Crippen LogP contribution in [0.4, 0.5) is 0 Å². The molecule has 1 aromatic rings. The Kier molecular flexibility index (Phi) is 4.94. The zero-order chi connectivity index (χ0) is 11.9. The molecule has 0 unspecified atom stereocenters. The SMILES string of the molecule is O=C(CSCc1ccco1)N1CCCNCC1. The summed E-state index contributed by atoms with van der Waals surface area (Å²) in [7, 11) is 0. The van der Waals surface area contributed by atoms with Gasteiger partial charge in [0, 0.05) is 19.6 Å². The van der Waals surface area contributed by atoms with E-state index in [0.29, 0.717) is 5.75 Å². The predicted molar refractivity (Wildman–Crippen MR) is 68.9 cm³/mol. The second-order valence-electron chi connectivity index (χ2n) is 4.06. The Morgan fingerprint density at radius 3 is 3.24 bits per heavy atom. The topological polar surface area (TPSA) is 45.5 Å². The van der Waals surface area contributed by atoms with Gasteiger partial charge in [-0.2, -0.15) is 0 Å². The Balaban J connectivity index is 1.69. The highest BCUT2D eigenvalue weighted by atomic mass is 32.2. The van der Waals surface area contributed by atoms with Crippen LogP contribution in [0.3, 0.4) is 0 Å². The van der Waals surface area contributed by atoms with Crippen LogP contribution in [0.5, 0.6) is 0 Å². The fourth-order valence-corrected chi connectivity index (χ4v) is 2.64. The van der Waals surface area contributed by atoms with Crippen LogP contribution in [0, 0.1) is 0 Å². The number of carbonyl (C=O) groups is 1. The number of hydrogen-bond donors (Lipinski definition) is 1. The standard InChI is InChI=1S/C12H18N2O2S/c15-12(14-6-2-4-13-5-7-14)10-17-9-11-3-1-8-16-11/h1,3,8,13H,2,4-7,9-10H2. The number of furan rings is 1. The van der Waals surface area contributed by atoms with Crippen LogP contribution in [0.15, 0.2) is 22.8 Å². The predicted octanol–water partition coefficient (Wildman–Crippen LogP) is 1.33. The Hall–Kier alpha value is -0.940. The summed E-state index contributed by atoms with van der Waals surface area (Å²) in [6.07, 6.45) is 2.72. The van der Waals surface area contributed by atoms with Crippen molar-refractivity contribution in [3.05, 3.63) is 24.2 Å². The minimum atomic E-state index is 0.241. The lowest BCUT2D eigenvalue weighted by Crippen LogP contribution is -2.35. The maximum absolute atomic E-state index is 11.9. The molecule has 0 spiro atoms. The second kappa shape index (κ2) is 6.71. The van der Waals surface area contributed by atoms with Crippen LogP contribution in [0.1, 0.15) is 12.2 Å². The van der Waals surface area contributed by atoms with Crippen LogP contribution in [0.2, 0.25) is 0 Å². The van der Waals surface area contributed by atoms with Crippen molar-refractivity contribution < 1.29 is 9.21 Å². The molecule has 1 aromatic heterocycles. The largest absolute Gasteiger partial charge is 0.468 e. The van der Waals surface area contributed by atoms with Gasteiger partial charge in [-0.15, -0.1) is 11.8 Å². The summed E-state index contributed by atoms with van der Waals surface area (Å²) in [4.78, 5) is 13.9. The van der Waals surface area contributed by atoms with Crippen molar-refractivity contribution in [1.82, 2.24) is 10.2 Å². The highest BCUT2D eigenvalue weighted by Crippen LogP contribution is 2.13. The lowest BCUT2D eigenvalue weighted by atomic mass is 10.4. The van der Waals surface area contributed by atoms with Crippen molar-refractivity contribution in [2.75, 3.05) is 31.9 Å². The third-order valence-corrected chi connectivity index (χ3v) is 3.68. The first-order valence-electron chi connectivity index (χ1n) is 5.95. The summed E-state index contributed by atoms with van der Waals surface area (Å²) < 4.78 is 5.23. The van der Waals surface area contributed by atoms with E-state index in [1.807, 2.05) is 17.0 Å². The number of thioether (sulfide) groups is 1. The molecule has 94 valence electrons. The fraction of sp³-hybridized carbons (Fsp3) is 0.583. The Morgan fingerprint density at radius 2 is 2.41 bits per heavy atom. The highest BCUT2D eigenvalue weighted by Gasteiger charge is 2.14. The Bertz CT molecular complexity index is 332. The molecule has 1 fully saturated rings. The van der Waals surface area contributed by atoms with Crippen molar-refractivity contribution in [2.45, 2.75) is 12.2 Å². The maximum Gasteiger partial charge on any atom is 0.232 e. The van der Waals surface area contributed by atoms with Crippen LogP contribution < -0.4 is 5.32 Å². The van der Waals surface area contributed by atoms with E-state index in [0.717, 1.165) is 44.1 Å². The van der Waals surface area contributed by atoms with E-state index in [1.54, 1.807) is 18.0 Å². The first-order valence-corrected chi connectivity index (χ1v) is 7.10. The van der Waals surface area contributed by atoms with E-state index < -0.39 is 0 Å². The zero-order valence-electron chi connectivity index (χ0n) is 9.85. The van der Waals surface area contributed by atoms with Gasteiger partial charge in [0.25, 0.3) is 0 Å². The molecule has 1 aliphatic rings. The number of rotatable bonds is 4. The average molecular weight is 254 g/mol. The van der Waals surface area contributed by atoms with Crippen molar-refractivity contribution in [2.24, 2.45) is 0 Å². The number of nitrogens with one attached hydrogen (secondary N) is 1. The van der Waals surface area contributed by atoms with Crippen molar-refractivity contribution >= 4 is 17.7 Å². The first-order chi connectivity index (χ1) is 8.36. The molecule has 0 bridgehead atoms. The number of hydrogen-bond acceptors (Lipinski definition) is 4. The molecule has 1 amide bonds. The summed E-state index contributed by atoms with van der Waals surface area (Å²) in [6, 6.07) is 3.81. The van der Waals surface area contributed by atoms with Gasteiger partial charge in [0.2, 0.25) is 5.91 Å². The molecule has 2 rings (SSSR count). The molecule has 17 heavy (non-hydrogen) atoms. The van der Waals surface area contributed by atoms with Crippen molar-refractivity contribution in [3.8, 4) is 0 Å². The molecule has 2 heterocycles. The Labute approximate surface area is 106 Å². The Morgan fingerprint density at radius 1 is 1.47 bits per heavy atom. The molecule has 4 nitrogen and oxygen atoms in total. The molecular formula is C12H18N2O2S. The summed E-state index contributed by atoms with van der Waals surface area (Å²) >= 11 is 1.61. The van der Waals surface area contributed by atoms with Crippen LogP contribution in [-0.4, -0.2) is 42.7 Å². The van der Waals surface area contributed by atoms with Gasteiger partial charge in [0.1, 0.15) is 5.76 Å². The first kappa shape index (κ1) is 12.5. The number of carbonyl (C=O) groups excluding carboxylic acids is 1.